The molecule has 0 radical (unpaired) electrons. The summed E-state index contributed by atoms with van der Waals surface area (Å²) in [6.07, 6.45) is 1.95. The van der Waals surface area contributed by atoms with Gasteiger partial charge in [0.25, 0.3) is 0 Å². The van der Waals surface area contributed by atoms with Gasteiger partial charge < -0.3 is 5.32 Å². The van der Waals surface area contributed by atoms with E-state index in [0.29, 0.717) is 23.1 Å². The molecule has 1 N–H and O–H groups in total. The lowest BCUT2D eigenvalue weighted by Crippen LogP contribution is -2.29. The lowest BCUT2D eigenvalue weighted by molar-refractivity contribution is 0.412. The maximum absolute atomic E-state index is 13.9. The predicted molar refractivity (Wildman–Crippen MR) is 65.1 cm³/mol. The molecule has 1 nitrogen and oxygen atoms in total. The van der Waals surface area contributed by atoms with Crippen molar-refractivity contribution in [2.24, 2.45) is 5.92 Å². The molecule has 0 aliphatic heterocycles. The van der Waals surface area contributed by atoms with E-state index < -0.39 is 11.6 Å². The summed E-state index contributed by atoms with van der Waals surface area (Å²) in [7, 11) is 1.93. The summed E-state index contributed by atoms with van der Waals surface area (Å²) in [5.74, 6) is -0.875. The monoisotopic (exact) mass is 239 g/mol. The van der Waals surface area contributed by atoms with Crippen molar-refractivity contribution in [3.63, 3.8) is 0 Å². The maximum Gasteiger partial charge on any atom is 0.162 e. The maximum atomic E-state index is 13.9. The highest BCUT2D eigenvalue weighted by Gasteiger charge is 2.34. The Bertz CT molecular complexity index is 417. The van der Waals surface area contributed by atoms with E-state index in [0.717, 1.165) is 12.8 Å². The Balaban J connectivity index is 2.33. The van der Waals surface area contributed by atoms with Crippen molar-refractivity contribution in [3.8, 4) is 0 Å². The third kappa shape index (κ3) is 2.08. The van der Waals surface area contributed by atoms with Crippen molar-refractivity contribution in [2.75, 3.05) is 7.05 Å². The first-order valence-electron chi connectivity index (χ1n) is 6.18. The first kappa shape index (κ1) is 12.5. The number of aryl methyl sites for hydroxylation is 1. The van der Waals surface area contributed by atoms with Crippen LogP contribution in [0.5, 0.6) is 0 Å². The van der Waals surface area contributed by atoms with Gasteiger partial charge in [0.15, 0.2) is 11.6 Å². The van der Waals surface area contributed by atoms with E-state index in [9.17, 15) is 8.78 Å². The fourth-order valence-electron chi connectivity index (χ4n) is 2.96. The molecular formula is C14H19F2N. The Kier molecular flexibility index (Phi) is 3.48. The van der Waals surface area contributed by atoms with Crippen LogP contribution in [0.25, 0.3) is 0 Å². The van der Waals surface area contributed by atoms with Crippen molar-refractivity contribution in [2.45, 2.75) is 38.6 Å². The number of hydrogen-bond acceptors (Lipinski definition) is 1. The molecule has 1 aliphatic rings. The van der Waals surface area contributed by atoms with E-state index in [4.69, 9.17) is 0 Å². The fourth-order valence-corrected chi connectivity index (χ4v) is 2.96. The molecule has 0 aromatic heterocycles. The van der Waals surface area contributed by atoms with Crippen LogP contribution in [-0.2, 0) is 0 Å². The van der Waals surface area contributed by atoms with Crippen LogP contribution in [0.1, 0.15) is 36.8 Å². The predicted octanol–water partition coefficient (Wildman–Crippen LogP) is 3.37. The van der Waals surface area contributed by atoms with Crippen molar-refractivity contribution in [3.05, 3.63) is 34.9 Å². The van der Waals surface area contributed by atoms with Crippen molar-refractivity contribution in [1.29, 1.82) is 0 Å². The molecule has 3 heteroatoms. The molecule has 1 aromatic carbocycles. The van der Waals surface area contributed by atoms with E-state index in [1.807, 2.05) is 7.05 Å². The average molecular weight is 239 g/mol. The van der Waals surface area contributed by atoms with Gasteiger partial charge in [-0.15, -0.1) is 0 Å². The van der Waals surface area contributed by atoms with Gasteiger partial charge in [0, 0.05) is 6.04 Å². The molecule has 17 heavy (non-hydrogen) atoms. The first-order chi connectivity index (χ1) is 8.06. The SMILES string of the molecule is CNC1CCC(c2ccc(C)c(F)c2F)C1C. The summed E-state index contributed by atoms with van der Waals surface area (Å²) >= 11 is 0. The molecule has 3 atom stereocenters. The van der Waals surface area contributed by atoms with Crippen LogP contribution in [0, 0.1) is 24.5 Å². The van der Waals surface area contributed by atoms with Crippen LogP contribution < -0.4 is 5.32 Å². The Morgan fingerprint density at radius 1 is 1.18 bits per heavy atom. The second-order valence-corrected chi connectivity index (χ2v) is 5.04. The van der Waals surface area contributed by atoms with E-state index in [1.54, 1.807) is 19.1 Å². The van der Waals surface area contributed by atoms with Gasteiger partial charge >= 0.3 is 0 Å². The summed E-state index contributed by atoms with van der Waals surface area (Å²) in [5, 5.41) is 3.24. The van der Waals surface area contributed by atoms with E-state index in [1.165, 1.54) is 0 Å². The summed E-state index contributed by atoms with van der Waals surface area (Å²) in [6, 6.07) is 3.82. The zero-order valence-electron chi connectivity index (χ0n) is 10.6. The zero-order valence-corrected chi connectivity index (χ0v) is 10.6. The van der Waals surface area contributed by atoms with Gasteiger partial charge in [-0.1, -0.05) is 19.1 Å². The van der Waals surface area contributed by atoms with E-state index in [-0.39, 0.29) is 5.92 Å². The standard InChI is InChI=1S/C14H19F2N/c1-8-4-5-11(14(16)13(8)15)10-6-7-12(17-3)9(10)2/h4-5,9-10,12,17H,6-7H2,1-3H3. The van der Waals surface area contributed by atoms with Gasteiger partial charge in [-0.2, -0.15) is 0 Å². The number of halogens is 2. The highest BCUT2D eigenvalue weighted by Crippen LogP contribution is 2.40. The van der Waals surface area contributed by atoms with Crippen molar-refractivity contribution < 1.29 is 8.78 Å². The van der Waals surface area contributed by atoms with Crippen LogP contribution in [-0.4, -0.2) is 13.1 Å². The van der Waals surface area contributed by atoms with Crippen LogP contribution in [0.2, 0.25) is 0 Å². The summed E-state index contributed by atoms with van der Waals surface area (Å²) in [6.45, 7) is 3.70. The minimum absolute atomic E-state index is 0.127. The molecule has 2 rings (SSSR count). The van der Waals surface area contributed by atoms with Crippen LogP contribution in [0.4, 0.5) is 8.78 Å². The summed E-state index contributed by atoms with van der Waals surface area (Å²) in [4.78, 5) is 0. The van der Waals surface area contributed by atoms with Crippen LogP contribution in [0.15, 0.2) is 12.1 Å². The minimum atomic E-state index is -0.692. The van der Waals surface area contributed by atoms with Crippen molar-refractivity contribution in [1.82, 2.24) is 5.32 Å². The molecule has 0 bridgehead atoms. The molecule has 0 heterocycles. The smallest absolute Gasteiger partial charge is 0.162 e. The lowest BCUT2D eigenvalue weighted by Gasteiger charge is -2.21. The van der Waals surface area contributed by atoms with E-state index >= 15 is 0 Å². The number of rotatable bonds is 2. The van der Waals surface area contributed by atoms with Crippen molar-refractivity contribution >= 4 is 0 Å². The number of nitrogens with one attached hydrogen (secondary N) is 1. The molecule has 1 aliphatic carbocycles. The highest BCUT2D eigenvalue weighted by molar-refractivity contribution is 5.29. The Labute approximate surface area is 101 Å². The van der Waals surface area contributed by atoms with Crippen LogP contribution >= 0.6 is 0 Å². The topological polar surface area (TPSA) is 12.0 Å². The van der Waals surface area contributed by atoms with Gasteiger partial charge in [0.2, 0.25) is 0 Å². The Hall–Kier alpha value is -0.960. The minimum Gasteiger partial charge on any atom is -0.317 e. The Morgan fingerprint density at radius 3 is 2.47 bits per heavy atom. The van der Waals surface area contributed by atoms with Gasteiger partial charge in [-0.3, -0.25) is 0 Å². The third-order valence-corrected chi connectivity index (χ3v) is 4.13. The zero-order chi connectivity index (χ0) is 12.6. The normalized spacial score (nSPS) is 28.6. The molecular weight excluding hydrogens is 220 g/mol. The summed E-state index contributed by atoms with van der Waals surface area (Å²) in [5.41, 5.74) is 0.917. The molecule has 0 amide bonds. The quantitative estimate of drug-likeness (QED) is 0.834. The number of hydrogen-bond donors (Lipinski definition) is 1. The molecule has 0 saturated heterocycles. The molecule has 94 valence electrons. The van der Waals surface area contributed by atoms with Gasteiger partial charge in [0.05, 0.1) is 0 Å². The van der Waals surface area contributed by atoms with Crippen LogP contribution in [0.3, 0.4) is 0 Å². The fraction of sp³-hybridized carbons (Fsp3) is 0.571. The lowest BCUT2D eigenvalue weighted by atomic mass is 9.88. The third-order valence-electron chi connectivity index (χ3n) is 4.13. The second kappa shape index (κ2) is 4.73. The summed E-state index contributed by atoms with van der Waals surface area (Å²) < 4.78 is 27.5. The second-order valence-electron chi connectivity index (χ2n) is 5.04. The average Bonchev–Trinajstić information content (AvgIpc) is 2.68. The molecule has 1 saturated carbocycles. The largest absolute Gasteiger partial charge is 0.317 e. The van der Waals surface area contributed by atoms with E-state index in [2.05, 4.69) is 12.2 Å². The molecule has 1 fully saturated rings. The first-order valence-corrected chi connectivity index (χ1v) is 6.18. The molecule has 1 aromatic rings. The highest BCUT2D eigenvalue weighted by atomic mass is 19.2. The molecule has 3 unspecified atom stereocenters. The van der Waals surface area contributed by atoms with Gasteiger partial charge in [-0.05, 0) is 49.8 Å². The van der Waals surface area contributed by atoms with Gasteiger partial charge in [0.1, 0.15) is 0 Å². The van der Waals surface area contributed by atoms with Gasteiger partial charge in [-0.25, -0.2) is 8.78 Å². The number of benzene rings is 1. The Morgan fingerprint density at radius 2 is 1.88 bits per heavy atom. The molecule has 0 spiro atoms.